The molecule has 1 rings (SSSR count). The van der Waals surface area contributed by atoms with E-state index in [1.165, 1.54) is 0 Å². The van der Waals surface area contributed by atoms with Gasteiger partial charge in [-0.1, -0.05) is 6.42 Å². The zero-order chi connectivity index (χ0) is 12.0. The normalized spacial score (nSPS) is 22.4. The highest BCUT2D eigenvalue weighted by Gasteiger charge is 2.17. The molecule has 0 spiro atoms. The lowest BCUT2D eigenvalue weighted by molar-refractivity contribution is -0.138. The predicted molar refractivity (Wildman–Crippen MR) is 58.9 cm³/mol. The first-order valence-corrected chi connectivity index (χ1v) is 5.58. The third kappa shape index (κ3) is 4.59. The Balaban J connectivity index is 2.17. The maximum absolute atomic E-state index is 11.4. The monoisotopic (exact) mass is 229 g/mol. The first-order valence-electron chi connectivity index (χ1n) is 5.58. The molecular formula is C10H19N3O3. The van der Waals surface area contributed by atoms with E-state index in [1.54, 1.807) is 0 Å². The van der Waals surface area contributed by atoms with Gasteiger partial charge in [-0.25, -0.2) is 0 Å². The van der Waals surface area contributed by atoms with Crippen LogP contribution in [0, 0.1) is 0 Å². The van der Waals surface area contributed by atoms with Gasteiger partial charge in [-0.3, -0.25) is 9.59 Å². The van der Waals surface area contributed by atoms with Crippen LogP contribution in [0.25, 0.3) is 0 Å². The van der Waals surface area contributed by atoms with Crippen LogP contribution in [0.3, 0.4) is 0 Å². The summed E-state index contributed by atoms with van der Waals surface area (Å²) in [4.78, 5) is 21.9. The Morgan fingerprint density at radius 3 is 2.81 bits per heavy atom. The van der Waals surface area contributed by atoms with Crippen LogP contribution in [0.4, 0.5) is 0 Å². The fourth-order valence-corrected chi connectivity index (χ4v) is 1.71. The van der Waals surface area contributed by atoms with E-state index >= 15 is 0 Å². The molecule has 1 unspecified atom stereocenters. The average molecular weight is 229 g/mol. The second kappa shape index (κ2) is 6.44. The minimum Gasteiger partial charge on any atom is -0.480 e. The van der Waals surface area contributed by atoms with Gasteiger partial charge >= 0.3 is 5.97 Å². The Labute approximate surface area is 94.6 Å². The van der Waals surface area contributed by atoms with Crippen LogP contribution >= 0.6 is 0 Å². The van der Waals surface area contributed by atoms with Crippen LogP contribution < -0.4 is 16.4 Å². The summed E-state index contributed by atoms with van der Waals surface area (Å²) in [6.45, 7) is 0.938. The van der Waals surface area contributed by atoms with Crippen LogP contribution in [0.2, 0.25) is 0 Å². The third-order valence-corrected chi connectivity index (χ3v) is 2.68. The lowest BCUT2D eigenvalue weighted by atomic mass is 10.0. The number of nitrogens with two attached hydrogens (primary N) is 1. The summed E-state index contributed by atoms with van der Waals surface area (Å²) in [5.74, 6) is -1.24. The minimum absolute atomic E-state index is 0.0130. The summed E-state index contributed by atoms with van der Waals surface area (Å²) in [6, 6.07) is -0.807. The molecule has 1 saturated heterocycles. The molecule has 0 bridgehead atoms. The Morgan fingerprint density at radius 2 is 2.25 bits per heavy atom. The summed E-state index contributed by atoms with van der Waals surface area (Å²) in [7, 11) is 0. The third-order valence-electron chi connectivity index (χ3n) is 2.68. The number of piperidine rings is 1. The van der Waals surface area contributed by atoms with Gasteiger partial charge in [0.05, 0.1) is 0 Å². The van der Waals surface area contributed by atoms with Gasteiger partial charge in [0.2, 0.25) is 5.91 Å². The van der Waals surface area contributed by atoms with Crippen molar-refractivity contribution in [3.05, 3.63) is 0 Å². The van der Waals surface area contributed by atoms with Crippen molar-refractivity contribution in [2.24, 2.45) is 5.73 Å². The van der Waals surface area contributed by atoms with E-state index in [9.17, 15) is 9.59 Å². The number of nitrogens with one attached hydrogen (secondary N) is 2. The number of hydrogen-bond donors (Lipinski definition) is 4. The predicted octanol–water partition coefficient (Wildman–Crippen LogP) is -0.953. The quantitative estimate of drug-likeness (QED) is 0.486. The lowest BCUT2D eigenvalue weighted by Crippen LogP contribution is -2.44. The standard InChI is InChI=1S/C10H19N3O3/c11-8(10(15)16)6-13-9(14)5-7-3-1-2-4-12-7/h7-8,12H,1-6,11H2,(H,13,14)(H,15,16)/t7?,8-/m0/s1. The Bertz CT molecular complexity index is 252. The summed E-state index contributed by atoms with van der Waals surface area (Å²) >= 11 is 0. The lowest BCUT2D eigenvalue weighted by Gasteiger charge is -2.22. The Hall–Kier alpha value is -1.14. The number of carbonyl (C=O) groups is 2. The van der Waals surface area contributed by atoms with E-state index in [0.717, 1.165) is 25.8 Å². The highest BCUT2D eigenvalue weighted by Crippen LogP contribution is 2.09. The molecule has 0 aliphatic carbocycles. The molecule has 92 valence electrons. The van der Waals surface area contributed by atoms with Crippen LogP contribution in [-0.4, -0.2) is 42.2 Å². The molecule has 0 aromatic carbocycles. The van der Waals surface area contributed by atoms with Crippen molar-refractivity contribution < 1.29 is 14.7 Å². The van der Waals surface area contributed by atoms with E-state index in [4.69, 9.17) is 10.8 Å². The number of carboxylic acids is 1. The molecule has 0 radical (unpaired) electrons. The Kier molecular flexibility index (Phi) is 5.21. The molecular weight excluding hydrogens is 210 g/mol. The zero-order valence-corrected chi connectivity index (χ0v) is 9.24. The van der Waals surface area contributed by atoms with Crippen molar-refractivity contribution in [2.45, 2.75) is 37.8 Å². The highest BCUT2D eigenvalue weighted by atomic mass is 16.4. The van der Waals surface area contributed by atoms with Crippen LogP contribution in [0.5, 0.6) is 0 Å². The summed E-state index contributed by atoms with van der Waals surface area (Å²) in [5.41, 5.74) is 5.27. The van der Waals surface area contributed by atoms with Crippen LogP contribution in [0.1, 0.15) is 25.7 Å². The molecule has 6 heteroatoms. The average Bonchev–Trinajstić information content (AvgIpc) is 2.27. The maximum Gasteiger partial charge on any atom is 0.322 e. The molecule has 5 N–H and O–H groups in total. The fourth-order valence-electron chi connectivity index (χ4n) is 1.71. The summed E-state index contributed by atoms with van der Waals surface area (Å²) in [5, 5.41) is 14.3. The molecule has 16 heavy (non-hydrogen) atoms. The Morgan fingerprint density at radius 1 is 1.50 bits per heavy atom. The second-order valence-corrected chi connectivity index (χ2v) is 4.10. The van der Waals surface area contributed by atoms with Crippen LogP contribution in [-0.2, 0) is 9.59 Å². The van der Waals surface area contributed by atoms with E-state index in [0.29, 0.717) is 6.42 Å². The first kappa shape index (κ1) is 12.9. The van der Waals surface area contributed by atoms with Crippen molar-refractivity contribution >= 4 is 11.9 Å². The molecule has 0 aromatic heterocycles. The van der Waals surface area contributed by atoms with E-state index in [1.807, 2.05) is 0 Å². The van der Waals surface area contributed by atoms with Gasteiger partial charge in [0.1, 0.15) is 6.04 Å². The van der Waals surface area contributed by atoms with Gasteiger partial charge in [0, 0.05) is 19.0 Å². The molecule has 1 aliphatic rings. The summed E-state index contributed by atoms with van der Waals surface area (Å²) in [6.07, 6.45) is 3.69. The zero-order valence-electron chi connectivity index (χ0n) is 9.24. The van der Waals surface area contributed by atoms with Crippen LogP contribution in [0.15, 0.2) is 0 Å². The van der Waals surface area contributed by atoms with E-state index in [2.05, 4.69) is 10.6 Å². The number of hydrogen-bond acceptors (Lipinski definition) is 4. The van der Waals surface area contributed by atoms with Gasteiger partial charge in [0.25, 0.3) is 0 Å². The van der Waals surface area contributed by atoms with Gasteiger partial charge in [-0.05, 0) is 19.4 Å². The SMILES string of the molecule is N[C@@H](CNC(=O)CC1CCCCN1)C(=O)O. The molecule has 1 aliphatic heterocycles. The molecule has 6 nitrogen and oxygen atoms in total. The van der Waals surface area contributed by atoms with Crippen molar-refractivity contribution in [2.75, 3.05) is 13.1 Å². The smallest absolute Gasteiger partial charge is 0.322 e. The van der Waals surface area contributed by atoms with Gasteiger partial charge in [0.15, 0.2) is 0 Å². The molecule has 1 heterocycles. The molecule has 0 aromatic rings. The van der Waals surface area contributed by atoms with Gasteiger partial charge < -0.3 is 21.5 Å². The molecule has 2 atom stereocenters. The number of carbonyl (C=O) groups excluding carboxylic acids is 1. The fraction of sp³-hybridized carbons (Fsp3) is 0.800. The number of rotatable bonds is 5. The maximum atomic E-state index is 11.4. The van der Waals surface area contributed by atoms with Crippen molar-refractivity contribution in [1.82, 2.24) is 10.6 Å². The molecule has 1 amide bonds. The van der Waals surface area contributed by atoms with E-state index < -0.39 is 12.0 Å². The number of aliphatic carboxylic acids is 1. The van der Waals surface area contributed by atoms with E-state index in [-0.39, 0.29) is 18.5 Å². The number of amides is 1. The minimum atomic E-state index is -1.10. The van der Waals surface area contributed by atoms with Crippen molar-refractivity contribution in [1.29, 1.82) is 0 Å². The van der Waals surface area contributed by atoms with Gasteiger partial charge in [-0.15, -0.1) is 0 Å². The first-order chi connectivity index (χ1) is 7.59. The molecule has 1 fully saturated rings. The largest absolute Gasteiger partial charge is 0.480 e. The number of carboxylic acid groups (broad SMARTS) is 1. The highest BCUT2D eigenvalue weighted by molar-refractivity contribution is 5.78. The molecule has 0 saturated carbocycles. The van der Waals surface area contributed by atoms with Crippen molar-refractivity contribution in [3.63, 3.8) is 0 Å². The van der Waals surface area contributed by atoms with Crippen molar-refractivity contribution in [3.8, 4) is 0 Å². The van der Waals surface area contributed by atoms with Gasteiger partial charge in [-0.2, -0.15) is 0 Å². The second-order valence-electron chi connectivity index (χ2n) is 4.10. The summed E-state index contributed by atoms with van der Waals surface area (Å²) < 4.78 is 0. The topological polar surface area (TPSA) is 104 Å².